The molecule has 0 radical (unpaired) electrons. The molecule has 0 bridgehead atoms. The third-order valence-electron chi connectivity index (χ3n) is 5.96. The Labute approximate surface area is 183 Å². The molecular weight excluding hydrogens is 386 g/mol. The zero-order valence-corrected chi connectivity index (χ0v) is 18.4. The van der Waals surface area contributed by atoms with Crippen LogP contribution in [0.25, 0.3) is 11.3 Å². The standard InChI is InChI=1S/C25H29N5O/c1-17-12-14-30(15-13-17)24-11-10-23(28-29-24)20-5-8-21(9-6-20)26-25(31)27-22-7-4-18(2)19(3)16-22/h4-11,16-17H,12-15H2,1-3H3,(H2,26,27,31). The molecule has 6 heteroatoms. The number of urea groups is 1. The lowest BCUT2D eigenvalue weighted by atomic mass is 9.99. The predicted octanol–water partition coefficient (Wildman–Crippen LogP) is 5.64. The van der Waals surface area contributed by atoms with Crippen LogP contribution in [-0.2, 0) is 0 Å². The number of hydrogen-bond donors (Lipinski definition) is 2. The quantitative estimate of drug-likeness (QED) is 0.578. The Hall–Kier alpha value is -3.41. The third-order valence-corrected chi connectivity index (χ3v) is 5.96. The zero-order valence-electron chi connectivity index (χ0n) is 18.4. The van der Waals surface area contributed by atoms with E-state index in [1.165, 1.54) is 18.4 Å². The van der Waals surface area contributed by atoms with Crippen molar-refractivity contribution in [1.82, 2.24) is 10.2 Å². The van der Waals surface area contributed by atoms with Crippen LogP contribution >= 0.6 is 0 Å². The largest absolute Gasteiger partial charge is 0.355 e. The topological polar surface area (TPSA) is 70.2 Å². The van der Waals surface area contributed by atoms with Crippen molar-refractivity contribution in [3.05, 3.63) is 65.7 Å². The summed E-state index contributed by atoms with van der Waals surface area (Å²) in [5.74, 6) is 1.73. The zero-order chi connectivity index (χ0) is 21.8. The van der Waals surface area contributed by atoms with Crippen LogP contribution in [0, 0.1) is 19.8 Å². The number of rotatable bonds is 4. The lowest BCUT2D eigenvalue weighted by Gasteiger charge is -2.30. The first-order valence-corrected chi connectivity index (χ1v) is 10.8. The maximum atomic E-state index is 12.3. The summed E-state index contributed by atoms with van der Waals surface area (Å²) in [4.78, 5) is 14.6. The second-order valence-corrected chi connectivity index (χ2v) is 8.40. The van der Waals surface area contributed by atoms with Gasteiger partial charge in [0.05, 0.1) is 5.69 Å². The van der Waals surface area contributed by atoms with Gasteiger partial charge < -0.3 is 15.5 Å². The van der Waals surface area contributed by atoms with Crippen LogP contribution in [0.3, 0.4) is 0 Å². The molecule has 160 valence electrons. The summed E-state index contributed by atoms with van der Waals surface area (Å²) < 4.78 is 0. The number of nitrogens with zero attached hydrogens (tertiary/aromatic N) is 3. The van der Waals surface area contributed by atoms with E-state index >= 15 is 0 Å². The molecule has 1 aromatic heterocycles. The normalized spacial score (nSPS) is 14.4. The van der Waals surface area contributed by atoms with Crippen molar-refractivity contribution in [3.8, 4) is 11.3 Å². The average molecular weight is 416 g/mol. The minimum atomic E-state index is -0.268. The summed E-state index contributed by atoms with van der Waals surface area (Å²) in [6, 6.07) is 17.3. The molecule has 3 aromatic rings. The van der Waals surface area contributed by atoms with Crippen molar-refractivity contribution in [2.45, 2.75) is 33.6 Å². The van der Waals surface area contributed by atoms with Gasteiger partial charge in [-0.05, 0) is 80.1 Å². The van der Waals surface area contributed by atoms with E-state index in [1.807, 2.05) is 68.4 Å². The number of aryl methyl sites for hydroxylation is 2. The number of benzene rings is 2. The number of hydrogen-bond acceptors (Lipinski definition) is 4. The van der Waals surface area contributed by atoms with Gasteiger partial charge in [0.25, 0.3) is 0 Å². The average Bonchev–Trinajstić information content (AvgIpc) is 2.77. The molecule has 2 N–H and O–H groups in total. The number of anilines is 3. The van der Waals surface area contributed by atoms with E-state index in [4.69, 9.17) is 0 Å². The van der Waals surface area contributed by atoms with Crippen LogP contribution in [0.15, 0.2) is 54.6 Å². The molecule has 31 heavy (non-hydrogen) atoms. The smallest absolute Gasteiger partial charge is 0.323 e. The molecule has 0 spiro atoms. The Morgan fingerprint density at radius 2 is 1.55 bits per heavy atom. The molecule has 0 aliphatic carbocycles. The second kappa shape index (κ2) is 9.16. The highest BCUT2D eigenvalue weighted by molar-refractivity contribution is 5.99. The van der Waals surface area contributed by atoms with Gasteiger partial charge in [0, 0.05) is 30.0 Å². The van der Waals surface area contributed by atoms with E-state index in [9.17, 15) is 4.79 Å². The molecule has 1 saturated heterocycles. The first-order chi connectivity index (χ1) is 15.0. The lowest BCUT2D eigenvalue weighted by Crippen LogP contribution is -2.33. The van der Waals surface area contributed by atoms with E-state index in [0.717, 1.165) is 53.0 Å². The van der Waals surface area contributed by atoms with Gasteiger partial charge in [-0.15, -0.1) is 10.2 Å². The van der Waals surface area contributed by atoms with Crippen LogP contribution in [-0.4, -0.2) is 29.3 Å². The van der Waals surface area contributed by atoms with Gasteiger partial charge in [-0.25, -0.2) is 4.79 Å². The fourth-order valence-electron chi connectivity index (χ4n) is 3.72. The summed E-state index contributed by atoms with van der Waals surface area (Å²) >= 11 is 0. The number of aromatic nitrogens is 2. The summed E-state index contributed by atoms with van der Waals surface area (Å²) in [6.45, 7) is 8.46. The van der Waals surface area contributed by atoms with Gasteiger partial charge >= 0.3 is 6.03 Å². The number of carbonyl (C=O) groups excluding carboxylic acids is 1. The Bertz CT molecular complexity index is 1040. The molecule has 2 amide bonds. The molecule has 0 atom stereocenters. The number of piperidine rings is 1. The van der Waals surface area contributed by atoms with Gasteiger partial charge in [-0.3, -0.25) is 0 Å². The van der Waals surface area contributed by atoms with E-state index < -0.39 is 0 Å². The minimum Gasteiger partial charge on any atom is -0.355 e. The summed E-state index contributed by atoms with van der Waals surface area (Å²) in [5.41, 5.74) is 5.62. The van der Waals surface area contributed by atoms with Crippen molar-refractivity contribution >= 4 is 23.2 Å². The molecule has 2 heterocycles. The Morgan fingerprint density at radius 1 is 0.871 bits per heavy atom. The van der Waals surface area contributed by atoms with Crippen LogP contribution in [0.5, 0.6) is 0 Å². The van der Waals surface area contributed by atoms with Crippen molar-refractivity contribution in [1.29, 1.82) is 0 Å². The van der Waals surface area contributed by atoms with Crippen molar-refractivity contribution in [3.63, 3.8) is 0 Å². The van der Waals surface area contributed by atoms with Crippen molar-refractivity contribution < 1.29 is 4.79 Å². The monoisotopic (exact) mass is 415 g/mol. The van der Waals surface area contributed by atoms with Crippen LogP contribution in [0.1, 0.15) is 30.9 Å². The molecule has 1 aliphatic rings. The highest BCUT2D eigenvalue weighted by Gasteiger charge is 2.17. The highest BCUT2D eigenvalue weighted by Crippen LogP contribution is 2.24. The Balaban J connectivity index is 1.36. The predicted molar refractivity (Wildman–Crippen MR) is 127 cm³/mol. The summed E-state index contributed by atoms with van der Waals surface area (Å²) in [6.07, 6.45) is 2.41. The van der Waals surface area contributed by atoms with E-state index in [1.54, 1.807) is 0 Å². The van der Waals surface area contributed by atoms with Crippen LogP contribution < -0.4 is 15.5 Å². The van der Waals surface area contributed by atoms with Gasteiger partial charge in [-0.1, -0.05) is 25.1 Å². The summed E-state index contributed by atoms with van der Waals surface area (Å²) in [5, 5.41) is 14.6. The number of amides is 2. The SMILES string of the molecule is Cc1ccc(NC(=O)Nc2ccc(-c3ccc(N4CCC(C)CC4)nn3)cc2)cc1C. The molecule has 6 nitrogen and oxygen atoms in total. The van der Waals surface area contributed by atoms with Gasteiger partial charge in [0.15, 0.2) is 5.82 Å². The van der Waals surface area contributed by atoms with Crippen molar-refractivity contribution in [2.24, 2.45) is 5.92 Å². The molecule has 0 unspecified atom stereocenters. The summed E-state index contributed by atoms with van der Waals surface area (Å²) in [7, 11) is 0. The molecule has 1 fully saturated rings. The second-order valence-electron chi connectivity index (χ2n) is 8.40. The van der Waals surface area contributed by atoms with Gasteiger partial charge in [-0.2, -0.15) is 0 Å². The lowest BCUT2D eigenvalue weighted by molar-refractivity contribution is 0.262. The number of nitrogens with one attached hydrogen (secondary N) is 2. The van der Waals surface area contributed by atoms with Gasteiger partial charge in [0.1, 0.15) is 0 Å². The fourth-order valence-corrected chi connectivity index (χ4v) is 3.72. The Kier molecular flexibility index (Phi) is 6.16. The molecule has 2 aromatic carbocycles. The first-order valence-electron chi connectivity index (χ1n) is 10.8. The maximum absolute atomic E-state index is 12.3. The van der Waals surface area contributed by atoms with E-state index in [0.29, 0.717) is 0 Å². The number of carbonyl (C=O) groups is 1. The molecule has 4 rings (SSSR count). The minimum absolute atomic E-state index is 0.268. The molecular formula is C25H29N5O. The van der Waals surface area contributed by atoms with Gasteiger partial charge in [0.2, 0.25) is 0 Å². The maximum Gasteiger partial charge on any atom is 0.323 e. The molecule has 1 aliphatic heterocycles. The van der Waals surface area contributed by atoms with Crippen molar-refractivity contribution in [2.75, 3.05) is 28.6 Å². The molecule has 0 saturated carbocycles. The Morgan fingerprint density at radius 3 is 2.19 bits per heavy atom. The van der Waals surface area contributed by atoms with Crippen LogP contribution in [0.4, 0.5) is 22.0 Å². The third kappa shape index (κ3) is 5.20. The van der Waals surface area contributed by atoms with E-state index in [-0.39, 0.29) is 6.03 Å². The van der Waals surface area contributed by atoms with Crippen LogP contribution in [0.2, 0.25) is 0 Å². The first kappa shape index (κ1) is 20.8. The fraction of sp³-hybridized carbons (Fsp3) is 0.320. The highest BCUT2D eigenvalue weighted by atomic mass is 16.2. The van der Waals surface area contributed by atoms with E-state index in [2.05, 4.69) is 32.7 Å².